The van der Waals surface area contributed by atoms with Gasteiger partial charge in [0.25, 0.3) is 0 Å². The zero-order valence-electron chi connectivity index (χ0n) is 16.4. The minimum Gasteiger partial charge on any atom is -0.497 e. The van der Waals surface area contributed by atoms with E-state index in [-0.39, 0.29) is 0 Å². The van der Waals surface area contributed by atoms with Gasteiger partial charge in [0.15, 0.2) is 0 Å². The number of ether oxygens (including phenoxy) is 1. The molecule has 0 bridgehead atoms. The van der Waals surface area contributed by atoms with E-state index in [0.29, 0.717) is 0 Å². The van der Waals surface area contributed by atoms with Gasteiger partial charge in [-0.15, -0.1) is 0 Å². The van der Waals surface area contributed by atoms with Crippen LogP contribution >= 0.6 is 0 Å². The third-order valence-electron chi connectivity index (χ3n) is 5.41. The Kier molecular flexibility index (Phi) is 6.75. The van der Waals surface area contributed by atoms with Gasteiger partial charge < -0.3 is 14.1 Å². The number of nitrogens with zero attached hydrogens (tertiary/aromatic N) is 2. The molecule has 1 saturated heterocycles. The Bertz CT molecular complexity index is 657. The minimum absolute atomic E-state index is 0.790. The van der Waals surface area contributed by atoms with E-state index in [1.54, 1.807) is 7.11 Å². The first-order valence-corrected chi connectivity index (χ1v) is 9.71. The molecule has 1 aromatic carbocycles. The van der Waals surface area contributed by atoms with E-state index in [2.05, 4.69) is 41.1 Å². The molecule has 0 radical (unpaired) electrons. The Labute approximate surface area is 157 Å². The summed E-state index contributed by atoms with van der Waals surface area (Å²) in [6, 6.07) is 12.6. The number of piperidine rings is 1. The highest BCUT2D eigenvalue weighted by molar-refractivity contribution is 5.27. The number of hydrogen-bond donors (Lipinski definition) is 0. The Morgan fingerprint density at radius 2 is 1.85 bits per heavy atom. The van der Waals surface area contributed by atoms with Crippen molar-refractivity contribution in [3.8, 4) is 5.75 Å². The van der Waals surface area contributed by atoms with Gasteiger partial charge in [-0.3, -0.25) is 4.90 Å². The third kappa shape index (κ3) is 5.61. The molecule has 0 N–H and O–H groups in total. The summed E-state index contributed by atoms with van der Waals surface area (Å²) in [7, 11) is 3.94. The van der Waals surface area contributed by atoms with Crippen LogP contribution in [0, 0.1) is 12.8 Å². The highest BCUT2D eigenvalue weighted by atomic mass is 16.5. The summed E-state index contributed by atoms with van der Waals surface area (Å²) >= 11 is 0. The summed E-state index contributed by atoms with van der Waals surface area (Å²) in [5, 5.41) is 0. The number of hydrogen-bond acceptors (Lipinski definition) is 4. The van der Waals surface area contributed by atoms with E-state index >= 15 is 0 Å². The number of rotatable bonds is 8. The standard InChI is InChI=1S/C22H32N2O2/c1-18-4-7-22(26-18)17-24(16-20-10-13-23(2)14-11-20)15-12-19-5-8-21(25-3)9-6-19/h4-9,20H,10-17H2,1-3H3. The topological polar surface area (TPSA) is 28.9 Å². The maximum absolute atomic E-state index is 5.84. The summed E-state index contributed by atoms with van der Waals surface area (Å²) < 4.78 is 11.1. The lowest BCUT2D eigenvalue weighted by molar-refractivity contribution is 0.150. The van der Waals surface area contributed by atoms with Crippen LogP contribution in [0.1, 0.15) is 29.9 Å². The Morgan fingerprint density at radius 3 is 2.46 bits per heavy atom. The molecule has 1 aliphatic rings. The number of aryl methyl sites for hydroxylation is 1. The largest absolute Gasteiger partial charge is 0.497 e. The van der Waals surface area contributed by atoms with Crippen LogP contribution in [0.4, 0.5) is 0 Å². The summed E-state index contributed by atoms with van der Waals surface area (Å²) in [4.78, 5) is 5.01. The fourth-order valence-corrected chi connectivity index (χ4v) is 3.71. The van der Waals surface area contributed by atoms with Gasteiger partial charge >= 0.3 is 0 Å². The van der Waals surface area contributed by atoms with Crippen LogP contribution < -0.4 is 4.74 Å². The van der Waals surface area contributed by atoms with E-state index in [4.69, 9.17) is 9.15 Å². The molecule has 4 heteroatoms. The molecule has 0 unspecified atom stereocenters. The molecule has 142 valence electrons. The smallest absolute Gasteiger partial charge is 0.118 e. The molecule has 0 saturated carbocycles. The number of likely N-dealkylation sites (tertiary alicyclic amines) is 1. The Balaban J connectivity index is 1.59. The van der Waals surface area contributed by atoms with E-state index in [9.17, 15) is 0 Å². The average Bonchev–Trinajstić information content (AvgIpc) is 3.07. The van der Waals surface area contributed by atoms with Gasteiger partial charge in [-0.25, -0.2) is 0 Å². The van der Waals surface area contributed by atoms with E-state index in [1.165, 1.54) is 31.5 Å². The second kappa shape index (κ2) is 9.24. The normalized spacial score (nSPS) is 16.3. The molecular formula is C22H32N2O2. The SMILES string of the molecule is COc1ccc(CCN(Cc2ccc(C)o2)CC2CCN(C)CC2)cc1. The molecule has 0 aliphatic carbocycles. The van der Waals surface area contributed by atoms with Crippen molar-refractivity contribution in [1.82, 2.24) is 9.80 Å². The average molecular weight is 357 g/mol. The summed E-state index contributed by atoms with van der Waals surface area (Å²) in [5.74, 6) is 3.78. The summed E-state index contributed by atoms with van der Waals surface area (Å²) in [6.45, 7) is 7.56. The Hall–Kier alpha value is -1.78. The van der Waals surface area contributed by atoms with Gasteiger partial charge in [0.05, 0.1) is 13.7 Å². The number of benzene rings is 1. The molecular weight excluding hydrogens is 324 g/mol. The van der Waals surface area contributed by atoms with E-state index in [0.717, 1.165) is 49.2 Å². The van der Waals surface area contributed by atoms with Crippen LogP contribution in [0.2, 0.25) is 0 Å². The number of furan rings is 1. The zero-order chi connectivity index (χ0) is 18.4. The molecule has 1 fully saturated rings. The molecule has 2 heterocycles. The van der Waals surface area contributed by atoms with Gasteiger partial charge in [-0.2, -0.15) is 0 Å². The van der Waals surface area contributed by atoms with Crippen LogP contribution in [-0.2, 0) is 13.0 Å². The zero-order valence-corrected chi connectivity index (χ0v) is 16.4. The van der Waals surface area contributed by atoms with E-state index < -0.39 is 0 Å². The van der Waals surface area contributed by atoms with Crippen LogP contribution in [-0.4, -0.2) is 50.1 Å². The van der Waals surface area contributed by atoms with Crippen molar-refractivity contribution in [3.05, 3.63) is 53.5 Å². The second-order valence-electron chi connectivity index (χ2n) is 7.59. The highest BCUT2D eigenvalue weighted by Gasteiger charge is 2.20. The fraction of sp³-hybridized carbons (Fsp3) is 0.545. The van der Waals surface area contributed by atoms with Crippen LogP contribution in [0.5, 0.6) is 5.75 Å². The van der Waals surface area contributed by atoms with Gasteiger partial charge in [0.2, 0.25) is 0 Å². The predicted molar refractivity (Wildman–Crippen MR) is 106 cm³/mol. The first kappa shape index (κ1) is 19.0. The van der Waals surface area contributed by atoms with Crippen molar-refractivity contribution in [1.29, 1.82) is 0 Å². The fourth-order valence-electron chi connectivity index (χ4n) is 3.71. The second-order valence-corrected chi connectivity index (χ2v) is 7.59. The maximum atomic E-state index is 5.84. The molecule has 0 amide bonds. The van der Waals surface area contributed by atoms with Crippen molar-refractivity contribution in [3.63, 3.8) is 0 Å². The lowest BCUT2D eigenvalue weighted by Crippen LogP contribution is -2.37. The van der Waals surface area contributed by atoms with Gasteiger partial charge in [0, 0.05) is 13.1 Å². The van der Waals surface area contributed by atoms with Crippen LogP contribution in [0.15, 0.2) is 40.8 Å². The summed E-state index contributed by atoms with van der Waals surface area (Å²) in [6.07, 6.45) is 3.65. The first-order chi connectivity index (χ1) is 12.6. The minimum atomic E-state index is 0.790. The van der Waals surface area contributed by atoms with Crippen molar-refractivity contribution in [2.45, 2.75) is 32.7 Å². The van der Waals surface area contributed by atoms with Gasteiger partial charge in [-0.05, 0) is 82.1 Å². The molecule has 26 heavy (non-hydrogen) atoms. The lowest BCUT2D eigenvalue weighted by Gasteiger charge is -2.33. The molecule has 2 aromatic rings. The van der Waals surface area contributed by atoms with Crippen LogP contribution in [0.25, 0.3) is 0 Å². The summed E-state index contributed by atoms with van der Waals surface area (Å²) in [5.41, 5.74) is 1.36. The van der Waals surface area contributed by atoms with Gasteiger partial charge in [0.1, 0.15) is 17.3 Å². The molecule has 1 aliphatic heterocycles. The lowest BCUT2D eigenvalue weighted by atomic mass is 9.96. The molecule has 0 spiro atoms. The van der Waals surface area contributed by atoms with Gasteiger partial charge in [-0.1, -0.05) is 12.1 Å². The third-order valence-corrected chi connectivity index (χ3v) is 5.41. The quantitative estimate of drug-likeness (QED) is 0.715. The monoisotopic (exact) mass is 356 g/mol. The van der Waals surface area contributed by atoms with Crippen LogP contribution in [0.3, 0.4) is 0 Å². The number of methoxy groups -OCH3 is 1. The maximum Gasteiger partial charge on any atom is 0.118 e. The van der Waals surface area contributed by atoms with Crippen molar-refractivity contribution in [2.24, 2.45) is 5.92 Å². The van der Waals surface area contributed by atoms with Crippen molar-refractivity contribution >= 4 is 0 Å². The molecule has 0 atom stereocenters. The van der Waals surface area contributed by atoms with Crippen molar-refractivity contribution in [2.75, 3.05) is 40.3 Å². The Morgan fingerprint density at radius 1 is 1.12 bits per heavy atom. The molecule has 3 rings (SSSR count). The highest BCUT2D eigenvalue weighted by Crippen LogP contribution is 2.20. The molecule has 1 aromatic heterocycles. The predicted octanol–water partition coefficient (Wildman–Crippen LogP) is 3.98. The van der Waals surface area contributed by atoms with Crippen molar-refractivity contribution < 1.29 is 9.15 Å². The molecule has 4 nitrogen and oxygen atoms in total. The first-order valence-electron chi connectivity index (χ1n) is 9.71. The van der Waals surface area contributed by atoms with E-state index in [1.807, 2.05) is 19.1 Å².